The van der Waals surface area contributed by atoms with E-state index in [-0.39, 0.29) is 11.7 Å². The van der Waals surface area contributed by atoms with Crippen LogP contribution in [0.25, 0.3) is 0 Å². The Kier molecular flexibility index (Phi) is 2.62. The highest BCUT2D eigenvalue weighted by molar-refractivity contribution is 7.27. The molecule has 0 fully saturated rings. The first-order valence-electron chi connectivity index (χ1n) is 3.67. The van der Waals surface area contributed by atoms with Crippen molar-refractivity contribution in [3.8, 4) is 0 Å². The van der Waals surface area contributed by atoms with Gasteiger partial charge < -0.3 is 0 Å². The van der Waals surface area contributed by atoms with Crippen molar-refractivity contribution in [1.82, 2.24) is 0 Å². The predicted octanol–water partition coefficient (Wildman–Crippen LogP) is 2.45. The van der Waals surface area contributed by atoms with E-state index in [1.54, 1.807) is 6.07 Å². The van der Waals surface area contributed by atoms with Crippen LogP contribution >= 0.6 is 9.24 Å². The molecule has 60 valence electrons. The molecule has 0 heterocycles. The van der Waals surface area contributed by atoms with Crippen molar-refractivity contribution in [2.24, 2.45) is 0 Å². The summed E-state index contributed by atoms with van der Waals surface area (Å²) in [5.74, 6) is 0.169. The zero-order valence-corrected chi connectivity index (χ0v) is 7.92. The third-order valence-corrected chi connectivity index (χ3v) is 2.13. The van der Waals surface area contributed by atoms with Crippen LogP contribution in [-0.2, 0) is 0 Å². The molecule has 1 rings (SSSR count). The lowest BCUT2D eigenvalue weighted by Crippen LogP contribution is -2.03. The second kappa shape index (κ2) is 3.32. The van der Waals surface area contributed by atoms with Gasteiger partial charge in [0.15, 0.2) is 0 Å². The summed E-state index contributed by atoms with van der Waals surface area (Å²) in [5, 5.41) is 0.649. The average Bonchev–Trinajstić information content (AvgIpc) is 1.94. The Morgan fingerprint density at radius 3 is 2.45 bits per heavy atom. The van der Waals surface area contributed by atoms with Crippen molar-refractivity contribution in [1.29, 1.82) is 0 Å². The number of hydrogen-bond acceptors (Lipinski definition) is 0. The summed E-state index contributed by atoms with van der Waals surface area (Å²) >= 11 is 0. The van der Waals surface area contributed by atoms with E-state index >= 15 is 0 Å². The normalized spacial score (nSPS) is 10.6. The largest absolute Gasteiger partial charge is 0.206 e. The quantitative estimate of drug-likeness (QED) is 0.568. The summed E-state index contributed by atoms with van der Waals surface area (Å²) in [5.41, 5.74) is 0.789. The monoisotopic (exact) mass is 170 g/mol. The molecule has 0 saturated carbocycles. The van der Waals surface area contributed by atoms with Gasteiger partial charge in [-0.15, -0.1) is 9.24 Å². The average molecular weight is 170 g/mol. The summed E-state index contributed by atoms with van der Waals surface area (Å²) in [7, 11) is 2.39. The molecule has 0 aliphatic carbocycles. The molecule has 0 N–H and O–H groups in total. The van der Waals surface area contributed by atoms with Crippen molar-refractivity contribution < 1.29 is 4.39 Å². The van der Waals surface area contributed by atoms with Gasteiger partial charge in [-0.25, -0.2) is 4.39 Å². The van der Waals surface area contributed by atoms with Gasteiger partial charge in [-0.3, -0.25) is 0 Å². The first kappa shape index (κ1) is 8.67. The third-order valence-electron chi connectivity index (χ3n) is 1.68. The summed E-state index contributed by atoms with van der Waals surface area (Å²) in [6.45, 7) is 3.98. The lowest BCUT2D eigenvalue weighted by Gasteiger charge is -2.07. The molecule has 0 aliphatic heterocycles. The van der Waals surface area contributed by atoms with Crippen LogP contribution in [0.1, 0.15) is 25.3 Å². The summed E-state index contributed by atoms with van der Waals surface area (Å²) < 4.78 is 13.2. The van der Waals surface area contributed by atoms with E-state index in [9.17, 15) is 4.39 Å². The number of hydrogen-bond donors (Lipinski definition) is 0. The fourth-order valence-corrected chi connectivity index (χ4v) is 1.29. The molecule has 1 unspecified atom stereocenters. The van der Waals surface area contributed by atoms with E-state index in [1.165, 1.54) is 0 Å². The third kappa shape index (κ3) is 1.78. The summed E-state index contributed by atoms with van der Waals surface area (Å²) in [6, 6.07) is 5.46. The molecular formula is C9H12FP. The van der Waals surface area contributed by atoms with Gasteiger partial charge in [-0.1, -0.05) is 32.0 Å². The van der Waals surface area contributed by atoms with E-state index in [0.29, 0.717) is 5.30 Å². The lowest BCUT2D eigenvalue weighted by molar-refractivity contribution is 0.607. The second-order valence-electron chi connectivity index (χ2n) is 2.91. The van der Waals surface area contributed by atoms with Gasteiger partial charge in [-0.05, 0) is 11.5 Å². The van der Waals surface area contributed by atoms with Crippen molar-refractivity contribution >= 4 is 14.5 Å². The minimum atomic E-state index is -0.0903. The first-order chi connectivity index (χ1) is 5.13. The van der Waals surface area contributed by atoms with Crippen LogP contribution in [0.3, 0.4) is 0 Å². The molecule has 11 heavy (non-hydrogen) atoms. The molecule has 0 aromatic heterocycles. The fraction of sp³-hybridized carbons (Fsp3) is 0.333. The van der Waals surface area contributed by atoms with E-state index in [1.807, 2.05) is 26.0 Å². The highest BCUT2D eigenvalue weighted by Gasteiger charge is 2.06. The van der Waals surface area contributed by atoms with Crippen LogP contribution in [-0.4, -0.2) is 0 Å². The molecule has 0 aliphatic rings. The van der Waals surface area contributed by atoms with E-state index in [0.717, 1.165) is 5.56 Å². The minimum Gasteiger partial charge on any atom is -0.206 e. The Hall–Kier alpha value is -0.420. The summed E-state index contributed by atoms with van der Waals surface area (Å²) in [6.07, 6.45) is 0. The highest BCUT2D eigenvalue weighted by Crippen LogP contribution is 2.17. The molecule has 1 aromatic carbocycles. The maximum Gasteiger partial charge on any atom is 0.133 e. The standard InChI is InChI=1S/C9H12FP/c1-6(2)7-4-3-5-8(11)9(7)10/h3-6H,11H2,1-2H3. The van der Waals surface area contributed by atoms with Crippen LogP contribution in [0.15, 0.2) is 18.2 Å². The number of rotatable bonds is 1. The molecule has 1 aromatic rings. The molecule has 0 nitrogen and oxygen atoms in total. The van der Waals surface area contributed by atoms with E-state index in [4.69, 9.17) is 0 Å². The molecule has 0 bridgehead atoms. The fourth-order valence-electron chi connectivity index (χ4n) is 1.01. The zero-order chi connectivity index (χ0) is 8.43. The van der Waals surface area contributed by atoms with Crippen LogP contribution in [0.4, 0.5) is 4.39 Å². The maximum atomic E-state index is 13.2. The molecule has 0 spiro atoms. The van der Waals surface area contributed by atoms with Gasteiger partial charge in [0.1, 0.15) is 5.82 Å². The van der Waals surface area contributed by atoms with Crippen molar-refractivity contribution in [3.05, 3.63) is 29.6 Å². The molecule has 0 saturated heterocycles. The van der Waals surface area contributed by atoms with Crippen molar-refractivity contribution in [2.75, 3.05) is 0 Å². The first-order valence-corrected chi connectivity index (χ1v) is 4.24. The van der Waals surface area contributed by atoms with Gasteiger partial charge in [0.25, 0.3) is 0 Å². The molecular weight excluding hydrogens is 158 g/mol. The van der Waals surface area contributed by atoms with Gasteiger partial charge in [0, 0.05) is 5.30 Å². The highest BCUT2D eigenvalue weighted by atomic mass is 31.0. The number of benzene rings is 1. The van der Waals surface area contributed by atoms with Crippen LogP contribution in [0.5, 0.6) is 0 Å². The second-order valence-corrected chi connectivity index (χ2v) is 3.53. The topological polar surface area (TPSA) is 0 Å². The Morgan fingerprint density at radius 1 is 1.36 bits per heavy atom. The van der Waals surface area contributed by atoms with Gasteiger partial charge in [-0.2, -0.15) is 0 Å². The van der Waals surface area contributed by atoms with Crippen LogP contribution in [0, 0.1) is 5.82 Å². The number of halogens is 1. The lowest BCUT2D eigenvalue weighted by atomic mass is 10.0. The molecule has 0 radical (unpaired) electrons. The van der Waals surface area contributed by atoms with Crippen molar-refractivity contribution in [2.45, 2.75) is 19.8 Å². The van der Waals surface area contributed by atoms with E-state index < -0.39 is 0 Å². The predicted molar refractivity (Wildman–Crippen MR) is 49.8 cm³/mol. The zero-order valence-electron chi connectivity index (χ0n) is 6.76. The Morgan fingerprint density at radius 2 is 2.00 bits per heavy atom. The summed E-state index contributed by atoms with van der Waals surface area (Å²) in [4.78, 5) is 0. The SMILES string of the molecule is CC(C)c1cccc(P)c1F. The molecule has 0 amide bonds. The van der Waals surface area contributed by atoms with Crippen molar-refractivity contribution in [3.63, 3.8) is 0 Å². The van der Waals surface area contributed by atoms with Gasteiger partial charge >= 0.3 is 0 Å². The Balaban J connectivity index is 3.17. The smallest absolute Gasteiger partial charge is 0.133 e. The maximum absolute atomic E-state index is 13.2. The van der Waals surface area contributed by atoms with Gasteiger partial charge in [0.2, 0.25) is 0 Å². The van der Waals surface area contributed by atoms with Gasteiger partial charge in [0.05, 0.1) is 0 Å². The Bertz CT molecular complexity index is 256. The molecule has 2 heteroatoms. The van der Waals surface area contributed by atoms with Crippen LogP contribution in [0.2, 0.25) is 0 Å². The Labute approximate surface area is 69.0 Å². The molecule has 1 atom stereocenters. The minimum absolute atomic E-state index is 0.0903. The van der Waals surface area contributed by atoms with E-state index in [2.05, 4.69) is 9.24 Å². The van der Waals surface area contributed by atoms with Crippen LogP contribution < -0.4 is 5.30 Å².